The Hall–Kier alpha value is -3.26. The summed E-state index contributed by atoms with van der Waals surface area (Å²) in [6.45, 7) is 0. The van der Waals surface area contributed by atoms with E-state index in [9.17, 15) is 14.4 Å². The molecule has 1 amide bonds. The summed E-state index contributed by atoms with van der Waals surface area (Å²) in [4.78, 5) is 42.7. The number of nitrogens with one attached hydrogen (secondary N) is 2. The Labute approximate surface area is 159 Å². The number of hydrogen-bond donors (Lipinski definition) is 2. The smallest absolute Gasteiger partial charge is 0.354 e. The number of amides is 1. The largest absolute Gasteiger partial charge is 0.464 e. The van der Waals surface area contributed by atoms with Gasteiger partial charge in [0, 0.05) is 35.5 Å². The highest BCUT2D eigenvalue weighted by Crippen LogP contribution is 2.25. The number of methoxy groups -OCH3 is 1. The van der Waals surface area contributed by atoms with Crippen molar-refractivity contribution in [3.8, 4) is 11.3 Å². The quantitative estimate of drug-likeness (QED) is 0.480. The van der Waals surface area contributed by atoms with Gasteiger partial charge in [0.1, 0.15) is 5.69 Å². The number of Topliss-reactive ketones (excluding diaryl/α,β-unsaturated/α-hetero) is 1. The third-order valence-corrected chi connectivity index (χ3v) is 4.57. The molecule has 27 heavy (non-hydrogen) atoms. The Bertz CT molecular complexity index is 962. The number of anilines is 1. The van der Waals surface area contributed by atoms with Crippen LogP contribution < -0.4 is 5.32 Å². The van der Waals surface area contributed by atoms with Crippen LogP contribution in [0, 0.1) is 0 Å². The van der Waals surface area contributed by atoms with Crippen LogP contribution in [0.5, 0.6) is 0 Å². The molecule has 8 heteroatoms. The van der Waals surface area contributed by atoms with E-state index in [1.54, 1.807) is 41.9 Å². The van der Waals surface area contributed by atoms with Crippen LogP contribution in [0.3, 0.4) is 0 Å². The fourth-order valence-electron chi connectivity index (χ4n) is 2.41. The molecule has 0 aliphatic carbocycles. The Morgan fingerprint density at radius 1 is 1.19 bits per heavy atom. The average molecular weight is 383 g/mol. The molecule has 2 N–H and O–H groups in total. The van der Waals surface area contributed by atoms with Gasteiger partial charge in [0.15, 0.2) is 10.9 Å². The first kappa shape index (κ1) is 18.5. The van der Waals surface area contributed by atoms with Crippen LogP contribution in [-0.4, -0.2) is 34.7 Å². The topological polar surface area (TPSA) is 101 Å². The molecule has 7 nitrogen and oxygen atoms in total. The van der Waals surface area contributed by atoms with E-state index in [-0.39, 0.29) is 24.5 Å². The number of H-pyrrole nitrogens is 1. The number of carbonyl (C=O) groups excluding carboxylic acids is 3. The zero-order valence-corrected chi connectivity index (χ0v) is 15.3. The zero-order chi connectivity index (χ0) is 19.2. The molecule has 0 spiro atoms. The summed E-state index contributed by atoms with van der Waals surface area (Å²) in [5.41, 5.74) is 2.26. The van der Waals surface area contributed by atoms with Crippen LogP contribution >= 0.6 is 11.3 Å². The van der Waals surface area contributed by atoms with E-state index >= 15 is 0 Å². The molecule has 2 heterocycles. The van der Waals surface area contributed by atoms with Gasteiger partial charge in [0.05, 0.1) is 12.8 Å². The second kappa shape index (κ2) is 8.41. The van der Waals surface area contributed by atoms with Gasteiger partial charge in [-0.15, -0.1) is 11.3 Å². The van der Waals surface area contributed by atoms with Crippen molar-refractivity contribution in [3.63, 3.8) is 0 Å². The number of ketones is 1. The Morgan fingerprint density at radius 3 is 2.70 bits per heavy atom. The van der Waals surface area contributed by atoms with Crippen molar-refractivity contribution in [2.24, 2.45) is 0 Å². The van der Waals surface area contributed by atoms with Crippen molar-refractivity contribution in [2.75, 3.05) is 12.4 Å². The summed E-state index contributed by atoms with van der Waals surface area (Å²) in [6, 6.07) is 10.5. The first-order chi connectivity index (χ1) is 13.1. The van der Waals surface area contributed by atoms with Gasteiger partial charge in [0.2, 0.25) is 5.91 Å². The highest BCUT2D eigenvalue weighted by Gasteiger charge is 2.14. The molecule has 138 valence electrons. The molecular weight excluding hydrogens is 366 g/mol. The van der Waals surface area contributed by atoms with Crippen LogP contribution in [0.1, 0.15) is 33.7 Å². The maximum atomic E-state index is 12.1. The fourth-order valence-corrected chi connectivity index (χ4v) is 3.15. The number of rotatable bonds is 7. The number of aromatic amines is 1. The van der Waals surface area contributed by atoms with Crippen molar-refractivity contribution in [1.29, 1.82) is 0 Å². The van der Waals surface area contributed by atoms with Crippen molar-refractivity contribution in [3.05, 3.63) is 59.2 Å². The summed E-state index contributed by atoms with van der Waals surface area (Å²) in [6.07, 6.45) is 1.86. The van der Waals surface area contributed by atoms with Crippen LogP contribution in [-0.2, 0) is 9.53 Å². The highest BCUT2D eigenvalue weighted by molar-refractivity contribution is 7.14. The molecule has 0 radical (unpaired) electrons. The van der Waals surface area contributed by atoms with Crippen LogP contribution in [0.2, 0.25) is 0 Å². The zero-order valence-electron chi connectivity index (χ0n) is 14.5. The molecule has 0 unspecified atom stereocenters. The number of ether oxygens (including phenoxy) is 1. The van der Waals surface area contributed by atoms with Crippen molar-refractivity contribution in [1.82, 2.24) is 9.97 Å². The Kier molecular flexibility index (Phi) is 5.77. The third-order valence-electron chi connectivity index (χ3n) is 3.81. The molecule has 0 saturated carbocycles. The molecule has 3 rings (SSSR count). The van der Waals surface area contributed by atoms with E-state index in [2.05, 4.69) is 20.0 Å². The minimum atomic E-state index is -0.465. The molecule has 3 aromatic rings. The monoisotopic (exact) mass is 383 g/mol. The SMILES string of the molecule is COC(=O)c1cc(-c2csc(NC(=O)CCC(=O)c3ccccc3)n2)c[nH]1. The lowest BCUT2D eigenvalue weighted by atomic mass is 10.1. The summed E-state index contributed by atoms with van der Waals surface area (Å²) >= 11 is 1.27. The van der Waals surface area contributed by atoms with Crippen molar-refractivity contribution < 1.29 is 19.1 Å². The molecule has 0 bridgehead atoms. The normalized spacial score (nSPS) is 10.4. The van der Waals surface area contributed by atoms with Crippen molar-refractivity contribution in [2.45, 2.75) is 12.8 Å². The van der Waals surface area contributed by atoms with Gasteiger partial charge in [-0.2, -0.15) is 0 Å². The lowest BCUT2D eigenvalue weighted by Crippen LogP contribution is -2.13. The number of benzene rings is 1. The maximum absolute atomic E-state index is 12.1. The number of hydrogen-bond acceptors (Lipinski definition) is 6. The molecule has 0 aliphatic rings. The first-order valence-electron chi connectivity index (χ1n) is 8.17. The number of carbonyl (C=O) groups is 3. The molecule has 0 atom stereocenters. The predicted octanol–water partition coefficient (Wildman–Crippen LogP) is 3.53. The lowest BCUT2D eigenvalue weighted by molar-refractivity contribution is -0.116. The van der Waals surface area contributed by atoms with Gasteiger partial charge in [-0.25, -0.2) is 9.78 Å². The number of thiazole rings is 1. The van der Waals surface area contributed by atoms with Gasteiger partial charge >= 0.3 is 5.97 Å². The van der Waals surface area contributed by atoms with Gasteiger partial charge in [-0.3, -0.25) is 9.59 Å². The van der Waals surface area contributed by atoms with Gasteiger partial charge in [0.25, 0.3) is 0 Å². The molecule has 0 fully saturated rings. The molecule has 0 saturated heterocycles. The average Bonchev–Trinajstić information content (AvgIpc) is 3.35. The minimum absolute atomic E-state index is 0.0757. The third kappa shape index (κ3) is 4.68. The van der Waals surface area contributed by atoms with E-state index in [0.717, 1.165) is 0 Å². The molecular formula is C19H17N3O4S. The van der Waals surface area contributed by atoms with Crippen LogP contribution in [0.15, 0.2) is 48.0 Å². The molecule has 2 aromatic heterocycles. The lowest BCUT2D eigenvalue weighted by Gasteiger charge is -2.02. The highest BCUT2D eigenvalue weighted by atomic mass is 32.1. The maximum Gasteiger partial charge on any atom is 0.354 e. The van der Waals surface area contributed by atoms with Crippen LogP contribution in [0.4, 0.5) is 5.13 Å². The van der Waals surface area contributed by atoms with E-state index in [1.165, 1.54) is 18.4 Å². The van der Waals surface area contributed by atoms with Crippen LogP contribution in [0.25, 0.3) is 11.3 Å². The van der Waals surface area contributed by atoms with Gasteiger partial charge in [-0.05, 0) is 6.07 Å². The van der Waals surface area contributed by atoms with E-state index in [1.807, 2.05) is 6.07 Å². The molecule has 0 aliphatic heterocycles. The fraction of sp³-hybridized carbons (Fsp3) is 0.158. The number of esters is 1. The van der Waals surface area contributed by atoms with Gasteiger partial charge < -0.3 is 15.0 Å². The van der Waals surface area contributed by atoms with Crippen molar-refractivity contribution >= 4 is 34.1 Å². The first-order valence-corrected chi connectivity index (χ1v) is 9.05. The second-order valence-electron chi connectivity index (χ2n) is 5.67. The summed E-state index contributed by atoms with van der Waals surface area (Å²) in [5.74, 6) is -0.814. The van der Waals surface area contributed by atoms with E-state index in [4.69, 9.17) is 0 Å². The summed E-state index contributed by atoms with van der Waals surface area (Å²) < 4.78 is 4.65. The van der Waals surface area contributed by atoms with Gasteiger partial charge in [-0.1, -0.05) is 30.3 Å². The Balaban J connectivity index is 1.56. The predicted molar refractivity (Wildman–Crippen MR) is 102 cm³/mol. The number of nitrogens with zero attached hydrogens (tertiary/aromatic N) is 1. The number of aromatic nitrogens is 2. The summed E-state index contributed by atoms with van der Waals surface area (Å²) in [5, 5.41) is 4.90. The van der Waals surface area contributed by atoms with E-state index in [0.29, 0.717) is 27.6 Å². The summed E-state index contributed by atoms with van der Waals surface area (Å²) in [7, 11) is 1.31. The standard InChI is InChI=1S/C19H17N3O4S/c1-26-18(25)14-9-13(10-20-14)15-11-27-19(21-15)22-17(24)8-7-16(23)12-5-3-2-4-6-12/h2-6,9-11,20H,7-8H2,1H3,(H,21,22,24). The minimum Gasteiger partial charge on any atom is -0.464 e. The second-order valence-corrected chi connectivity index (χ2v) is 6.53. The Morgan fingerprint density at radius 2 is 1.96 bits per heavy atom. The van der Waals surface area contributed by atoms with E-state index < -0.39 is 5.97 Å². The molecule has 1 aromatic carbocycles.